The van der Waals surface area contributed by atoms with Gasteiger partial charge in [-0.15, -0.1) is 10.2 Å². The molecule has 2 aliphatic heterocycles. The number of carbonyl (C=O) groups is 1. The molecule has 1 aromatic heterocycles. The molecule has 5 rings (SSSR count). The van der Waals surface area contributed by atoms with E-state index in [9.17, 15) is 9.90 Å². The van der Waals surface area contributed by atoms with Crippen LogP contribution in [0, 0.1) is 5.41 Å². The number of nitrogens with two attached hydrogens (primary N) is 1. The normalized spacial score (nSPS) is 17.2. The van der Waals surface area contributed by atoms with Crippen molar-refractivity contribution in [1.82, 2.24) is 20.4 Å². The molecule has 8 heteroatoms. The van der Waals surface area contributed by atoms with E-state index in [4.69, 9.17) is 10.5 Å². The van der Waals surface area contributed by atoms with Crippen LogP contribution in [0.2, 0.25) is 0 Å². The van der Waals surface area contributed by atoms with E-state index in [-0.39, 0.29) is 17.5 Å². The van der Waals surface area contributed by atoms with Crippen molar-refractivity contribution in [2.24, 2.45) is 5.41 Å². The molecule has 0 aliphatic carbocycles. The molecule has 3 aromatic rings. The Labute approximate surface area is 211 Å². The number of nitrogen functional groups attached to an aromatic ring is 1. The zero-order valence-corrected chi connectivity index (χ0v) is 20.4. The summed E-state index contributed by atoms with van der Waals surface area (Å²) in [5.41, 5.74) is 9.24. The van der Waals surface area contributed by atoms with Crippen molar-refractivity contribution in [1.29, 1.82) is 0 Å². The summed E-state index contributed by atoms with van der Waals surface area (Å²) in [6.07, 6.45) is 5.32. The van der Waals surface area contributed by atoms with Gasteiger partial charge in [-0.2, -0.15) is 0 Å². The molecule has 1 amide bonds. The predicted octanol–water partition coefficient (Wildman–Crippen LogP) is 3.66. The third kappa shape index (κ3) is 5.28. The number of phenolic OH excluding ortho intramolecular Hbond substituents is 1. The third-order valence-corrected chi connectivity index (χ3v) is 7.59. The number of hydrogen-bond acceptors (Lipinski definition) is 7. The molecular formula is C28H33N5O3. The number of rotatable bonds is 6. The largest absolute Gasteiger partial charge is 0.507 e. The summed E-state index contributed by atoms with van der Waals surface area (Å²) in [6.45, 7) is 4.28. The number of aromatic nitrogens is 2. The number of amides is 1. The number of nitrogens with one attached hydrogen (secondary N) is 1. The van der Waals surface area contributed by atoms with Crippen LogP contribution in [0.3, 0.4) is 0 Å². The van der Waals surface area contributed by atoms with Gasteiger partial charge in [-0.1, -0.05) is 24.3 Å². The van der Waals surface area contributed by atoms with Gasteiger partial charge in [0.05, 0.1) is 6.61 Å². The average molecular weight is 488 g/mol. The monoisotopic (exact) mass is 487 g/mol. The molecule has 4 N–H and O–H groups in total. The maximum atomic E-state index is 13.0. The summed E-state index contributed by atoms with van der Waals surface area (Å²) >= 11 is 0. The van der Waals surface area contributed by atoms with Gasteiger partial charge in [-0.05, 0) is 74.0 Å². The van der Waals surface area contributed by atoms with E-state index in [0.29, 0.717) is 35.4 Å². The van der Waals surface area contributed by atoms with Gasteiger partial charge >= 0.3 is 0 Å². The Morgan fingerprint density at radius 1 is 1.03 bits per heavy atom. The highest BCUT2D eigenvalue weighted by Crippen LogP contribution is 2.39. The molecule has 2 saturated heterocycles. The second-order valence-electron chi connectivity index (χ2n) is 9.83. The molecule has 2 fully saturated rings. The van der Waals surface area contributed by atoms with E-state index in [2.05, 4.69) is 15.5 Å². The maximum absolute atomic E-state index is 13.0. The van der Waals surface area contributed by atoms with E-state index in [1.165, 1.54) is 12.8 Å². The highest BCUT2D eigenvalue weighted by molar-refractivity contribution is 5.94. The molecule has 3 heterocycles. The number of piperidine rings is 2. The van der Waals surface area contributed by atoms with Crippen molar-refractivity contribution in [2.75, 3.05) is 38.5 Å². The number of anilines is 1. The molecule has 8 nitrogen and oxygen atoms in total. The Hall–Kier alpha value is -3.65. The van der Waals surface area contributed by atoms with Crippen LogP contribution in [0.15, 0.2) is 54.6 Å². The molecule has 0 unspecified atom stereocenters. The first-order chi connectivity index (χ1) is 17.5. The van der Waals surface area contributed by atoms with Crippen LogP contribution < -0.4 is 15.8 Å². The zero-order valence-electron chi connectivity index (χ0n) is 20.4. The van der Waals surface area contributed by atoms with Gasteiger partial charge in [0.15, 0.2) is 11.6 Å². The first-order valence-electron chi connectivity index (χ1n) is 12.7. The summed E-state index contributed by atoms with van der Waals surface area (Å²) < 4.78 is 5.88. The maximum Gasteiger partial charge on any atom is 0.253 e. The summed E-state index contributed by atoms with van der Waals surface area (Å²) in [5.74, 6) is 0.857. The minimum absolute atomic E-state index is 0.118. The molecule has 0 bridgehead atoms. The second kappa shape index (κ2) is 10.5. The number of para-hydroxylation sites is 1. The molecule has 1 spiro atoms. The predicted molar refractivity (Wildman–Crippen MR) is 139 cm³/mol. The lowest BCUT2D eigenvalue weighted by atomic mass is 9.71. The fraction of sp³-hybridized carbons (Fsp3) is 0.393. The van der Waals surface area contributed by atoms with Crippen molar-refractivity contribution >= 4 is 11.7 Å². The fourth-order valence-electron chi connectivity index (χ4n) is 5.24. The number of ether oxygens (including phenoxy) is 1. The van der Waals surface area contributed by atoms with Gasteiger partial charge in [0, 0.05) is 36.7 Å². The first kappa shape index (κ1) is 24.1. The minimum atomic E-state index is 0.118. The molecule has 0 radical (unpaired) electrons. The highest BCUT2D eigenvalue weighted by atomic mass is 16.5. The van der Waals surface area contributed by atoms with Gasteiger partial charge in [0.1, 0.15) is 11.4 Å². The smallest absolute Gasteiger partial charge is 0.253 e. The van der Waals surface area contributed by atoms with Gasteiger partial charge in [-0.3, -0.25) is 4.79 Å². The standard InChI is InChI=1S/C28H33N5O3/c29-26-25(19-23(31-32-26)22-3-1-2-4-24(22)34)36-18-9-20-5-7-21(8-6-20)27(35)33-16-12-28(13-17-33)10-14-30-15-11-28/h1-8,19,30,34H,9-18H2,(H2,29,32). The Balaban J connectivity index is 1.15. The molecule has 2 aromatic carbocycles. The number of nitrogens with zero attached hydrogens (tertiary/aromatic N) is 3. The van der Waals surface area contributed by atoms with Crippen LogP contribution in [-0.4, -0.2) is 58.9 Å². The lowest BCUT2D eigenvalue weighted by molar-refractivity contribution is 0.0495. The highest BCUT2D eigenvalue weighted by Gasteiger charge is 2.36. The second-order valence-corrected chi connectivity index (χ2v) is 9.83. The Kier molecular flexibility index (Phi) is 7.04. The zero-order chi connectivity index (χ0) is 25.0. The van der Waals surface area contributed by atoms with Gasteiger partial charge in [0.25, 0.3) is 5.91 Å². The van der Waals surface area contributed by atoms with Crippen molar-refractivity contribution in [3.8, 4) is 22.8 Å². The number of aromatic hydroxyl groups is 1. The van der Waals surface area contributed by atoms with Gasteiger partial charge < -0.3 is 25.8 Å². The van der Waals surface area contributed by atoms with Crippen LogP contribution in [-0.2, 0) is 6.42 Å². The summed E-state index contributed by atoms with van der Waals surface area (Å²) in [6, 6.07) is 16.4. The number of benzene rings is 2. The van der Waals surface area contributed by atoms with Crippen molar-refractivity contribution < 1.29 is 14.6 Å². The summed E-state index contributed by atoms with van der Waals surface area (Å²) in [4.78, 5) is 15.0. The number of hydrogen-bond donors (Lipinski definition) is 3. The van der Waals surface area contributed by atoms with Crippen LogP contribution in [0.5, 0.6) is 11.5 Å². The van der Waals surface area contributed by atoms with Crippen molar-refractivity contribution in [2.45, 2.75) is 32.1 Å². The molecule has 2 aliphatic rings. The van der Waals surface area contributed by atoms with Crippen LogP contribution >= 0.6 is 0 Å². The molecule has 0 atom stereocenters. The molecule has 36 heavy (non-hydrogen) atoms. The minimum Gasteiger partial charge on any atom is -0.507 e. The van der Waals surface area contributed by atoms with E-state index in [1.807, 2.05) is 35.2 Å². The van der Waals surface area contributed by atoms with Crippen LogP contribution in [0.1, 0.15) is 41.6 Å². The van der Waals surface area contributed by atoms with Gasteiger partial charge in [-0.25, -0.2) is 0 Å². The topological polar surface area (TPSA) is 114 Å². The molecule has 0 saturated carbocycles. The summed E-state index contributed by atoms with van der Waals surface area (Å²) in [5, 5.41) is 21.6. The SMILES string of the molecule is Nc1nnc(-c2ccccc2O)cc1OCCc1ccc(C(=O)N2CCC3(CCNCC3)CC2)cc1. The fourth-order valence-corrected chi connectivity index (χ4v) is 5.24. The number of likely N-dealkylation sites (tertiary alicyclic amines) is 1. The molecule has 188 valence electrons. The van der Waals surface area contributed by atoms with E-state index >= 15 is 0 Å². The van der Waals surface area contributed by atoms with E-state index in [0.717, 1.165) is 50.1 Å². The Bertz CT molecular complexity index is 1200. The van der Waals surface area contributed by atoms with Crippen molar-refractivity contribution in [3.63, 3.8) is 0 Å². The van der Waals surface area contributed by atoms with Crippen LogP contribution in [0.25, 0.3) is 11.3 Å². The van der Waals surface area contributed by atoms with Gasteiger partial charge in [0.2, 0.25) is 0 Å². The van der Waals surface area contributed by atoms with Crippen molar-refractivity contribution in [3.05, 3.63) is 65.7 Å². The quantitative estimate of drug-likeness (QED) is 0.486. The van der Waals surface area contributed by atoms with Crippen LogP contribution in [0.4, 0.5) is 5.82 Å². The average Bonchev–Trinajstić information content (AvgIpc) is 2.91. The summed E-state index contributed by atoms with van der Waals surface area (Å²) in [7, 11) is 0. The Morgan fingerprint density at radius 2 is 1.75 bits per heavy atom. The first-order valence-corrected chi connectivity index (χ1v) is 12.7. The molecular weight excluding hydrogens is 454 g/mol. The Morgan fingerprint density at radius 3 is 2.47 bits per heavy atom. The van der Waals surface area contributed by atoms with E-state index in [1.54, 1.807) is 24.3 Å². The third-order valence-electron chi connectivity index (χ3n) is 7.59. The number of phenols is 1. The number of carbonyl (C=O) groups excluding carboxylic acids is 1. The van der Waals surface area contributed by atoms with E-state index < -0.39 is 0 Å². The lowest BCUT2D eigenvalue weighted by Gasteiger charge is -2.44. The lowest BCUT2D eigenvalue weighted by Crippen LogP contribution is -2.47.